The number of guanidine groups is 1. The molecule has 1 aliphatic carbocycles. The average Bonchev–Trinajstić information content (AvgIpc) is 3.24. The maximum Gasteiger partial charge on any atom is 0.191 e. The number of hydrogen-bond donors (Lipinski definition) is 2. The Balaban J connectivity index is 1.58. The predicted molar refractivity (Wildman–Crippen MR) is 115 cm³/mol. The summed E-state index contributed by atoms with van der Waals surface area (Å²) in [7, 11) is 3.45. The summed E-state index contributed by atoms with van der Waals surface area (Å²) in [5, 5.41) is 7.02. The Labute approximate surface area is 173 Å². The molecule has 0 bridgehead atoms. The zero-order valence-electron chi connectivity index (χ0n) is 17.6. The minimum absolute atomic E-state index is 0.333. The molecule has 1 heterocycles. The van der Waals surface area contributed by atoms with Crippen molar-refractivity contribution in [2.24, 2.45) is 10.4 Å². The topological polar surface area (TPSA) is 68.0 Å². The van der Waals surface area contributed by atoms with E-state index in [0.717, 1.165) is 55.6 Å². The number of aliphatic imine (C=N–C) groups is 1. The van der Waals surface area contributed by atoms with Gasteiger partial charge in [0.05, 0.1) is 19.9 Å². The van der Waals surface area contributed by atoms with Gasteiger partial charge in [-0.1, -0.05) is 18.6 Å². The molecule has 0 aliphatic heterocycles. The van der Waals surface area contributed by atoms with Crippen LogP contribution in [0.15, 0.2) is 52.1 Å². The van der Waals surface area contributed by atoms with Crippen molar-refractivity contribution in [2.75, 3.05) is 33.9 Å². The zero-order valence-corrected chi connectivity index (χ0v) is 17.6. The number of rotatable bonds is 11. The molecule has 3 rings (SSSR count). The van der Waals surface area contributed by atoms with Gasteiger partial charge >= 0.3 is 0 Å². The van der Waals surface area contributed by atoms with E-state index in [9.17, 15) is 0 Å². The first-order valence-corrected chi connectivity index (χ1v) is 10.4. The minimum atomic E-state index is 0.333. The molecule has 0 unspecified atom stereocenters. The van der Waals surface area contributed by atoms with E-state index in [1.807, 2.05) is 24.3 Å². The van der Waals surface area contributed by atoms with Crippen molar-refractivity contribution >= 4 is 5.96 Å². The first-order valence-electron chi connectivity index (χ1n) is 10.4. The Hall–Kier alpha value is -2.47. The first kappa shape index (κ1) is 21.2. The van der Waals surface area contributed by atoms with E-state index in [1.54, 1.807) is 20.5 Å². The minimum Gasteiger partial charge on any atom is -0.497 e. The SMILES string of the molecule is COCCC1(CNC(=NCc2ccc(OC)cc2)NCCc2ccco2)CCC1. The highest BCUT2D eigenvalue weighted by Crippen LogP contribution is 2.43. The Bertz CT molecular complexity index is 737. The van der Waals surface area contributed by atoms with E-state index in [2.05, 4.69) is 22.8 Å². The normalized spacial score (nSPS) is 15.6. The highest BCUT2D eigenvalue weighted by Gasteiger charge is 2.36. The van der Waals surface area contributed by atoms with Crippen LogP contribution in [0.3, 0.4) is 0 Å². The van der Waals surface area contributed by atoms with Crippen LogP contribution >= 0.6 is 0 Å². The predicted octanol–water partition coefficient (Wildman–Crippen LogP) is 3.77. The second kappa shape index (κ2) is 10.9. The maximum absolute atomic E-state index is 5.43. The summed E-state index contributed by atoms with van der Waals surface area (Å²) in [5.41, 5.74) is 1.48. The molecule has 158 valence electrons. The molecule has 1 aliphatic rings. The molecule has 0 spiro atoms. The fraction of sp³-hybridized carbons (Fsp3) is 0.522. The third-order valence-corrected chi connectivity index (χ3v) is 5.70. The van der Waals surface area contributed by atoms with Crippen molar-refractivity contribution < 1.29 is 13.9 Å². The van der Waals surface area contributed by atoms with Crippen LogP contribution in [0, 0.1) is 5.41 Å². The molecule has 0 radical (unpaired) electrons. The number of benzene rings is 1. The van der Waals surface area contributed by atoms with Crippen LogP contribution in [-0.2, 0) is 17.7 Å². The second-order valence-corrected chi connectivity index (χ2v) is 7.72. The Kier molecular flexibility index (Phi) is 7.99. The van der Waals surface area contributed by atoms with Crippen molar-refractivity contribution in [1.29, 1.82) is 0 Å². The maximum atomic E-state index is 5.43. The molecule has 2 aromatic rings. The first-order chi connectivity index (χ1) is 14.2. The summed E-state index contributed by atoms with van der Waals surface area (Å²) in [6, 6.07) is 12.0. The molecule has 6 heteroatoms. The van der Waals surface area contributed by atoms with Crippen molar-refractivity contribution in [2.45, 2.75) is 38.6 Å². The lowest BCUT2D eigenvalue weighted by molar-refractivity contribution is 0.0732. The van der Waals surface area contributed by atoms with E-state index in [4.69, 9.17) is 18.9 Å². The van der Waals surface area contributed by atoms with Crippen LogP contribution in [-0.4, -0.2) is 39.9 Å². The van der Waals surface area contributed by atoms with E-state index < -0.39 is 0 Å². The summed E-state index contributed by atoms with van der Waals surface area (Å²) in [6.07, 6.45) is 7.43. The van der Waals surface area contributed by atoms with E-state index >= 15 is 0 Å². The Morgan fingerprint density at radius 1 is 1.14 bits per heavy atom. The molecule has 29 heavy (non-hydrogen) atoms. The van der Waals surface area contributed by atoms with Gasteiger partial charge in [0, 0.05) is 33.2 Å². The molecule has 1 aromatic heterocycles. The van der Waals surface area contributed by atoms with Gasteiger partial charge in [-0.3, -0.25) is 0 Å². The lowest BCUT2D eigenvalue weighted by Gasteiger charge is -2.42. The molecule has 1 fully saturated rings. The standard InChI is InChI=1S/C23H33N3O3/c1-27-16-13-23(11-4-12-23)18-26-22(24-14-10-21-5-3-15-29-21)25-17-19-6-8-20(28-2)9-7-19/h3,5-9,15H,4,10-14,16-18H2,1-2H3,(H2,24,25,26). The van der Waals surface area contributed by atoms with Gasteiger partial charge in [-0.15, -0.1) is 0 Å². The van der Waals surface area contributed by atoms with Crippen LogP contribution < -0.4 is 15.4 Å². The lowest BCUT2D eigenvalue weighted by atomic mass is 9.67. The molecular weight excluding hydrogens is 366 g/mol. The lowest BCUT2D eigenvalue weighted by Crippen LogP contribution is -2.47. The fourth-order valence-electron chi connectivity index (χ4n) is 3.62. The fourth-order valence-corrected chi connectivity index (χ4v) is 3.62. The van der Waals surface area contributed by atoms with Crippen LogP contribution in [0.4, 0.5) is 0 Å². The second-order valence-electron chi connectivity index (χ2n) is 7.72. The van der Waals surface area contributed by atoms with Gasteiger partial charge in [-0.05, 0) is 54.5 Å². The van der Waals surface area contributed by atoms with Crippen LogP contribution in [0.5, 0.6) is 5.75 Å². The van der Waals surface area contributed by atoms with E-state index in [-0.39, 0.29) is 0 Å². The molecule has 0 saturated heterocycles. The van der Waals surface area contributed by atoms with Crippen LogP contribution in [0.25, 0.3) is 0 Å². The molecule has 6 nitrogen and oxygen atoms in total. The van der Waals surface area contributed by atoms with Crippen molar-refractivity contribution in [3.63, 3.8) is 0 Å². The molecule has 0 atom stereocenters. The van der Waals surface area contributed by atoms with Gasteiger partial charge in [0.25, 0.3) is 0 Å². The monoisotopic (exact) mass is 399 g/mol. The largest absolute Gasteiger partial charge is 0.497 e. The average molecular weight is 400 g/mol. The Morgan fingerprint density at radius 3 is 2.59 bits per heavy atom. The number of furan rings is 1. The number of ether oxygens (including phenoxy) is 2. The van der Waals surface area contributed by atoms with Crippen molar-refractivity contribution in [1.82, 2.24) is 10.6 Å². The van der Waals surface area contributed by atoms with Crippen molar-refractivity contribution in [3.8, 4) is 5.75 Å². The molecule has 2 N–H and O–H groups in total. The molecule has 1 aromatic carbocycles. The van der Waals surface area contributed by atoms with Crippen molar-refractivity contribution in [3.05, 3.63) is 54.0 Å². The molecular formula is C23H33N3O3. The van der Waals surface area contributed by atoms with E-state index in [0.29, 0.717) is 12.0 Å². The van der Waals surface area contributed by atoms with Crippen LogP contribution in [0.2, 0.25) is 0 Å². The number of nitrogens with zero attached hydrogens (tertiary/aromatic N) is 1. The summed E-state index contributed by atoms with van der Waals surface area (Å²) < 4.78 is 16.0. The summed E-state index contributed by atoms with van der Waals surface area (Å²) >= 11 is 0. The third kappa shape index (κ3) is 6.53. The summed E-state index contributed by atoms with van der Waals surface area (Å²) in [4.78, 5) is 4.80. The Morgan fingerprint density at radius 2 is 1.97 bits per heavy atom. The van der Waals surface area contributed by atoms with Crippen LogP contribution in [0.1, 0.15) is 37.0 Å². The van der Waals surface area contributed by atoms with E-state index in [1.165, 1.54) is 19.3 Å². The molecule has 1 saturated carbocycles. The number of nitrogens with one attached hydrogen (secondary N) is 2. The highest BCUT2D eigenvalue weighted by molar-refractivity contribution is 5.79. The van der Waals surface area contributed by atoms with Gasteiger partial charge in [0.15, 0.2) is 5.96 Å². The smallest absolute Gasteiger partial charge is 0.191 e. The third-order valence-electron chi connectivity index (χ3n) is 5.70. The van der Waals surface area contributed by atoms with Gasteiger partial charge in [0.1, 0.15) is 11.5 Å². The van der Waals surface area contributed by atoms with Gasteiger partial charge in [-0.25, -0.2) is 4.99 Å². The highest BCUT2D eigenvalue weighted by atomic mass is 16.5. The quantitative estimate of drug-likeness (QED) is 0.445. The number of methoxy groups -OCH3 is 2. The van der Waals surface area contributed by atoms with Gasteiger partial charge < -0.3 is 24.5 Å². The summed E-state index contributed by atoms with van der Waals surface area (Å²) in [6.45, 7) is 3.12. The molecule has 0 amide bonds. The summed E-state index contributed by atoms with van der Waals surface area (Å²) in [5.74, 6) is 2.68. The van der Waals surface area contributed by atoms with Gasteiger partial charge in [0.2, 0.25) is 0 Å². The van der Waals surface area contributed by atoms with Gasteiger partial charge in [-0.2, -0.15) is 0 Å². The zero-order chi connectivity index (χ0) is 20.4. The number of hydrogen-bond acceptors (Lipinski definition) is 4.